The molecule has 1 aliphatic rings. The fourth-order valence-electron chi connectivity index (χ4n) is 3.91. The monoisotopic (exact) mass is 416 g/mol. The molecule has 0 radical (unpaired) electrons. The lowest BCUT2D eigenvalue weighted by atomic mass is 9.94. The van der Waals surface area contributed by atoms with E-state index < -0.39 is 17.7 Å². The number of carbonyl (C=O) groups is 2. The van der Waals surface area contributed by atoms with Crippen molar-refractivity contribution in [3.05, 3.63) is 83.4 Å². The first-order valence-corrected chi connectivity index (χ1v) is 10.1. The molecule has 4 rings (SSSR count). The normalized spacial score (nSPS) is 18.3. The standard InChI is InChI=1S/C25H24N2O4/c1-26(2)13-14-27-22(17-9-11-20(28)12-10-17)21(24(30)25(27)31)23(29)19-8-7-16-5-3-4-6-18(16)15-19/h3-12,15,22,28-29H,13-14H2,1-2H3/b23-21-. The number of Topliss-reactive ketones (excluding diaryl/α,β-unsaturated/α-hetero) is 1. The lowest BCUT2D eigenvalue weighted by molar-refractivity contribution is -0.140. The number of likely N-dealkylation sites (N-methyl/N-ethyl adjacent to an activating group) is 1. The highest BCUT2D eigenvalue weighted by atomic mass is 16.3. The van der Waals surface area contributed by atoms with Gasteiger partial charge in [0.25, 0.3) is 11.7 Å². The zero-order valence-corrected chi connectivity index (χ0v) is 17.4. The molecule has 1 saturated heterocycles. The summed E-state index contributed by atoms with van der Waals surface area (Å²) in [5, 5.41) is 22.8. The number of aliphatic hydroxyl groups is 1. The van der Waals surface area contributed by atoms with Crippen LogP contribution in [-0.4, -0.2) is 58.9 Å². The molecule has 3 aromatic rings. The molecule has 3 aromatic carbocycles. The van der Waals surface area contributed by atoms with Gasteiger partial charge in [0.2, 0.25) is 0 Å². The summed E-state index contributed by atoms with van der Waals surface area (Å²) in [6.45, 7) is 0.898. The van der Waals surface area contributed by atoms with E-state index in [4.69, 9.17) is 0 Å². The zero-order valence-electron chi connectivity index (χ0n) is 17.4. The maximum atomic E-state index is 13.0. The summed E-state index contributed by atoms with van der Waals surface area (Å²) >= 11 is 0. The van der Waals surface area contributed by atoms with Gasteiger partial charge in [-0.25, -0.2) is 0 Å². The van der Waals surface area contributed by atoms with Crippen molar-refractivity contribution in [3.63, 3.8) is 0 Å². The molecule has 0 saturated carbocycles. The van der Waals surface area contributed by atoms with Crippen LogP contribution in [0.15, 0.2) is 72.3 Å². The van der Waals surface area contributed by atoms with Gasteiger partial charge in [0.05, 0.1) is 11.6 Å². The number of ketones is 1. The summed E-state index contributed by atoms with van der Waals surface area (Å²) in [4.78, 5) is 29.3. The minimum Gasteiger partial charge on any atom is -0.508 e. The average Bonchev–Trinajstić information content (AvgIpc) is 3.02. The fourth-order valence-corrected chi connectivity index (χ4v) is 3.91. The van der Waals surface area contributed by atoms with Crippen molar-refractivity contribution in [1.82, 2.24) is 9.80 Å². The second-order valence-electron chi connectivity index (χ2n) is 7.95. The van der Waals surface area contributed by atoms with Gasteiger partial charge in [-0.3, -0.25) is 9.59 Å². The van der Waals surface area contributed by atoms with Gasteiger partial charge < -0.3 is 20.0 Å². The van der Waals surface area contributed by atoms with Gasteiger partial charge in [0.15, 0.2) is 0 Å². The molecule has 6 nitrogen and oxygen atoms in total. The lowest BCUT2D eigenvalue weighted by Gasteiger charge is -2.26. The Morgan fingerprint density at radius 1 is 0.968 bits per heavy atom. The summed E-state index contributed by atoms with van der Waals surface area (Å²) in [6, 6.07) is 18.8. The van der Waals surface area contributed by atoms with Gasteiger partial charge >= 0.3 is 0 Å². The van der Waals surface area contributed by atoms with E-state index in [2.05, 4.69) is 0 Å². The quantitative estimate of drug-likeness (QED) is 0.378. The topological polar surface area (TPSA) is 81.1 Å². The van der Waals surface area contributed by atoms with Gasteiger partial charge in [-0.15, -0.1) is 0 Å². The molecule has 1 unspecified atom stereocenters. The highest BCUT2D eigenvalue weighted by Gasteiger charge is 2.45. The van der Waals surface area contributed by atoms with Crippen molar-refractivity contribution < 1.29 is 19.8 Å². The third-order valence-electron chi connectivity index (χ3n) is 5.56. The van der Waals surface area contributed by atoms with E-state index in [1.807, 2.05) is 55.4 Å². The maximum absolute atomic E-state index is 13.0. The van der Waals surface area contributed by atoms with Crippen LogP contribution in [0.25, 0.3) is 16.5 Å². The zero-order chi connectivity index (χ0) is 22.1. The second-order valence-corrected chi connectivity index (χ2v) is 7.95. The van der Waals surface area contributed by atoms with Crippen molar-refractivity contribution in [2.24, 2.45) is 0 Å². The van der Waals surface area contributed by atoms with E-state index in [9.17, 15) is 19.8 Å². The number of hydrogen-bond acceptors (Lipinski definition) is 5. The van der Waals surface area contributed by atoms with Crippen LogP contribution in [0.4, 0.5) is 0 Å². The molecule has 0 bridgehead atoms. The first-order valence-electron chi connectivity index (χ1n) is 10.1. The molecule has 2 N–H and O–H groups in total. The van der Waals surface area contributed by atoms with Crippen LogP contribution in [0.2, 0.25) is 0 Å². The summed E-state index contributed by atoms with van der Waals surface area (Å²) in [6.07, 6.45) is 0. The van der Waals surface area contributed by atoms with Gasteiger partial charge in [0.1, 0.15) is 11.5 Å². The third-order valence-corrected chi connectivity index (χ3v) is 5.56. The van der Waals surface area contributed by atoms with Crippen molar-refractivity contribution in [3.8, 4) is 5.75 Å². The van der Waals surface area contributed by atoms with Crippen LogP contribution in [0, 0.1) is 0 Å². The maximum Gasteiger partial charge on any atom is 0.295 e. The molecule has 1 heterocycles. The predicted molar refractivity (Wildman–Crippen MR) is 120 cm³/mol. The average molecular weight is 416 g/mol. The number of aliphatic hydroxyl groups excluding tert-OH is 1. The van der Waals surface area contributed by atoms with Crippen LogP contribution in [-0.2, 0) is 9.59 Å². The molecule has 6 heteroatoms. The lowest BCUT2D eigenvalue weighted by Crippen LogP contribution is -2.35. The van der Waals surface area contributed by atoms with Crippen molar-refractivity contribution in [2.75, 3.05) is 27.2 Å². The number of aromatic hydroxyl groups is 1. The third kappa shape index (κ3) is 3.90. The molecule has 0 aromatic heterocycles. The Morgan fingerprint density at radius 2 is 1.65 bits per heavy atom. The molecule has 1 aliphatic heterocycles. The Morgan fingerprint density at radius 3 is 2.32 bits per heavy atom. The summed E-state index contributed by atoms with van der Waals surface area (Å²) in [5.74, 6) is -1.46. The van der Waals surface area contributed by atoms with Crippen LogP contribution < -0.4 is 0 Å². The van der Waals surface area contributed by atoms with Gasteiger partial charge in [-0.05, 0) is 48.6 Å². The minimum atomic E-state index is -0.730. The van der Waals surface area contributed by atoms with Crippen molar-refractivity contribution in [1.29, 1.82) is 0 Å². The highest BCUT2D eigenvalue weighted by molar-refractivity contribution is 6.46. The van der Waals surface area contributed by atoms with E-state index in [0.29, 0.717) is 24.2 Å². The summed E-state index contributed by atoms with van der Waals surface area (Å²) in [5.41, 5.74) is 1.19. The van der Waals surface area contributed by atoms with E-state index in [0.717, 1.165) is 10.8 Å². The molecular weight excluding hydrogens is 392 g/mol. The molecule has 1 amide bonds. The largest absolute Gasteiger partial charge is 0.508 e. The Hall–Kier alpha value is -3.64. The summed E-state index contributed by atoms with van der Waals surface area (Å²) < 4.78 is 0. The first kappa shape index (κ1) is 20.6. The number of phenols is 1. The smallest absolute Gasteiger partial charge is 0.295 e. The fraction of sp³-hybridized carbons (Fsp3) is 0.200. The van der Waals surface area contributed by atoms with Gasteiger partial charge in [0, 0.05) is 18.7 Å². The predicted octanol–water partition coefficient (Wildman–Crippen LogP) is 3.53. The SMILES string of the molecule is CN(C)CCN1C(=O)C(=O)/C(=C(\O)c2ccc3ccccc3c2)C1c1ccc(O)cc1. The molecule has 1 atom stereocenters. The molecule has 0 spiro atoms. The van der Waals surface area contributed by atoms with Crippen molar-refractivity contribution >= 4 is 28.2 Å². The van der Waals surface area contributed by atoms with Gasteiger partial charge in [-0.1, -0.05) is 48.5 Å². The Kier molecular flexibility index (Phi) is 5.48. The van der Waals surface area contributed by atoms with E-state index >= 15 is 0 Å². The van der Waals surface area contributed by atoms with Gasteiger partial charge in [-0.2, -0.15) is 0 Å². The van der Waals surface area contributed by atoms with Crippen LogP contribution >= 0.6 is 0 Å². The van der Waals surface area contributed by atoms with Crippen LogP contribution in [0.3, 0.4) is 0 Å². The number of fused-ring (bicyclic) bond motifs is 1. The molecule has 31 heavy (non-hydrogen) atoms. The van der Waals surface area contributed by atoms with Crippen molar-refractivity contribution in [2.45, 2.75) is 6.04 Å². The number of likely N-dealkylation sites (tertiary alicyclic amines) is 1. The molecular formula is C25H24N2O4. The Bertz CT molecular complexity index is 1180. The molecule has 0 aliphatic carbocycles. The van der Waals surface area contributed by atoms with Crippen LogP contribution in [0.1, 0.15) is 17.2 Å². The van der Waals surface area contributed by atoms with E-state index in [-0.39, 0.29) is 17.1 Å². The number of benzene rings is 3. The number of hydrogen-bond donors (Lipinski definition) is 2. The van der Waals surface area contributed by atoms with E-state index in [1.54, 1.807) is 18.2 Å². The summed E-state index contributed by atoms with van der Waals surface area (Å²) in [7, 11) is 3.78. The number of nitrogens with zero attached hydrogens (tertiary/aromatic N) is 2. The second kappa shape index (κ2) is 8.24. The molecule has 158 valence electrons. The first-order chi connectivity index (χ1) is 14.9. The Balaban J connectivity index is 1.86. The minimum absolute atomic E-state index is 0.0599. The number of rotatable bonds is 5. The number of amides is 1. The Labute approximate surface area is 180 Å². The number of carbonyl (C=O) groups excluding carboxylic acids is 2. The highest BCUT2D eigenvalue weighted by Crippen LogP contribution is 2.39. The molecule has 1 fully saturated rings. The number of phenolic OH excluding ortho intramolecular Hbond substituents is 1. The van der Waals surface area contributed by atoms with Crippen LogP contribution in [0.5, 0.6) is 5.75 Å². The van der Waals surface area contributed by atoms with E-state index in [1.165, 1.54) is 17.0 Å².